The number of rotatable bonds is 3. The first-order chi connectivity index (χ1) is 6.60. The van der Waals surface area contributed by atoms with Crippen LogP contribution in [0.3, 0.4) is 0 Å². The van der Waals surface area contributed by atoms with Crippen LogP contribution in [0.4, 0.5) is 5.69 Å². The molecule has 74 valence electrons. The molecule has 0 aliphatic heterocycles. The molecule has 1 aromatic rings. The average Bonchev–Trinajstić information content (AvgIpc) is 2.16. The zero-order chi connectivity index (χ0) is 10.7. The summed E-state index contributed by atoms with van der Waals surface area (Å²) in [5, 5.41) is 10.7. The van der Waals surface area contributed by atoms with Crippen LogP contribution >= 0.6 is 11.6 Å². The van der Waals surface area contributed by atoms with Crippen LogP contribution < -0.4 is 5.73 Å². The van der Waals surface area contributed by atoms with E-state index in [2.05, 4.69) is 0 Å². The van der Waals surface area contributed by atoms with Crippen LogP contribution in [0.1, 0.15) is 15.9 Å². The van der Waals surface area contributed by atoms with Crippen molar-refractivity contribution in [2.75, 3.05) is 0 Å². The van der Waals surface area contributed by atoms with Crippen LogP contribution in [0.5, 0.6) is 0 Å². The second-order valence-corrected chi connectivity index (χ2v) is 2.99. The van der Waals surface area contributed by atoms with Gasteiger partial charge in [-0.1, -0.05) is 11.6 Å². The van der Waals surface area contributed by atoms with E-state index in [4.69, 9.17) is 17.3 Å². The summed E-state index contributed by atoms with van der Waals surface area (Å²) < 4.78 is 0. The van der Waals surface area contributed by atoms with Crippen molar-refractivity contribution in [1.82, 2.24) is 0 Å². The van der Waals surface area contributed by atoms with Crippen LogP contribution in [0.15, 0.2) is 12.1 Å². The molecular weight excluding hydrogens is 208 g/mol. The van der Waals surface area contributed by atoms with Crippen LogP contribution in [0.2, 0.25) is 5.02 Å². The standard InChI is InChI=1S/C8H7ClN2O3/c9-7-1-5(3-10)8(11(13)14)2-6(7)4-12/h1-2,4H,3,10H2. The van der Waals surface area contributed by atoms with Gasteiger partial charge in [-0.15, -0.1) is 0 Å². The van der Waals surface area contributed by atoms with Gasteiger partial charge in [0.15, 0.2) is 6.29 Å². The molecule has 6 heteroatoms. The Labute approximate surface area is 84.6 Å². The average molecular weight is 215 g/mol. The molecule has 0 amide bonds. The molecule has 0 bridgehead atoms. The molecule has 0 fully saturated rings. The summed E-state index contributed by atoms with van der Waals surface area (Å²) in [6, 6.07) is 2.46. The third-order valence-electron chi connectivity index (χ3n) is 1.74. The maximum Gasteiger partial charge on any atom is 0.274 e. The van der Waals surface area contributed by atoms with Gasteiger partial charge < -0.3 is 5.73 Å². The summed E-state index contributed by atoms with van der Waals surface area (Å²) in [7, 11) is 0. The smallest absolute Gasteiger partial charge is 0.274 e. The number of carbonyl (C=O) groups is 1. The summed E-state index contributed by atoms with van der Waals surface area (Å²) >= 11 is 5.68. The molecule has 0 saturated carbocycles. The van der Waals surface area contributed by atoms with Crippen molar-refractivity contribution < 1.29 is 9.72 Å². The predicted molar refractivity (Wildman–Crippen MR) is 51.4 cm³/mol. The molecule has 1 rings (SSSR count). The molecule has 0 unspecified atom stereocenters. The van der Waals surface area contributed by atoms with Gasteiger partial charge in [0, 0.05) is 23.7 Å². The number of aldehydes is 1. The van der Waals surface area contributed by atoms with Gasteiger partial charge in [-0.05, 0) is 6.07 Å². The molecule has 0 aliphatic carbocycles. The molecule has 0 spiro atoms. The first kappa shape index (κ1) is 10.6. The van der Waals surface area contributed by atoms with E-state index < -0.39 is 4.92 Å². The van der Waals surface area contributed by atoms with Gasteiger partial charge in [-0.2, -0.15) is 0 Å². The number of hydrogen-bond donors (Lipinski definition) is 1. The number of benzene rings is 1. The van der Waals surface area contributed by atoms with Gasteiger partial charge in [-0.25, -0.2) is 0 Å². The summed E-state index contributed by atoms with van der Waals surface area (Å²) in [6.45, 7) is 0.00910. The van der Waals surface area contributed by atoms with Gasteiger partial charge in [0.1, 0.15) is 0 Å². The fraction of sp³-hybridized carbons (Fsp3) is 0.125. The number of nitrogens with two attached hydrogens (primary N) is 1. The largest absolute Gasteiger partial charge is 0.326 e. The summed E-state index contributed by atoms with van der Waals surface area (Å²) in [6.07, 6.45) is 0.468. The SMILES string of the molecule is NCc1cc(Cl)c(C=O)cc1[N+](=O)[O-]. The molecule has 0 aliphatic rings. The summed E-state index contributed by atoms with van der Waals surface area (Å²) in [5.74, 6) is 0. The Morgan fingerprint density at radius 3 is 2.64 bits per heavy atom. The highest BCUT2D eigenvalue weighted by molar-refractivity contribution is 6.33. The molecule has 1 aromatic carbocycles. The number of nitrogens with zero attached hydrogens (tertiary/aromatic N) is 1. The Kier molecular flexibility index (Phi) is 3.16. The Morgan fingerprint density at radius 1 is 1.57 bits per heavy atom. The number of carbonyl (C=O) groups excluding carboxylic acids is 1. The van der Waals surface area contributed by atoms with Crippen molar-refractivity contribution >= 4 is 23.6 Å². The van der Waals surface area contributed by atoms with Gasteiger partial charge in [0.05, 0.1) is 9.95 Å². The lowest BCUT2D eigenvalue weighted by atomic mass is 10.1. The predicted octanol–water partition coefficient (Wildman–Crippen LogP) is 1.52. The molecule has 14 heavy (non-hydrogen) atoms. The third kappa shape index (κ3) is 1.89. The highest BCUT2D eigenvalue weighted by atomic mass is 35.5. The molecule has 0 radical (unpaired) electrons. The van der Waals surface area contributed by atoms with E-state index in [1.54, 1.807) is 0 Å². The maximum atomic E-state index is 10.6. The van der Waals surface area contributed by atoms with E-state index in [1.807, 2.05) is 0 Å². The lowest BCUT2D eigenvalue weighted by Gasteiger charge is -2.02. The van der Waals surface area contributed by atoms with Crippen molar-refractivity contribution in [3.05, 3.63) is 38.4 Å². The van der Waals surface area contributed by atoms with E-state index in [1.165, 1.54) is 6.07 Å². The number of nitro groups is 1. The Morgan fingerprint density at radius 2 is 2.21 bits per heavy atom. The molecule has 0 saturated heterocycles. The van der Waals surface area contributed by atoms with E-state index in [-0.39, 0.29) is 22.8 Å². The Bertz CT molecular complexity index is 392. The topological polar surface area (TPSA) is 86.2 Å². The van der Waals surface area contributed by atoms with E-state index in [0.717, 1.165) is 6.07 Å². The normalized spacial score (nSPS) is 9.86. The second kappa shape index (κ2) is 4.17. The second-order valence-electron chi connectivity index (χ2n) is 2.58. The van der Waals surface area contributed by atoms with Crippen molar-refractivity contribution in [1.29, 1.82) is 0 Å². The fourth-order valence-corrected chi connectivity index (χ4v) is 1.27. The molecule has 2 N–H and O–H groups in total. The zero-order valence-corrected chi connectivity index (χ0v) is 7.82. The van der Waals surface area contributed by atoms with E-state index >= 15 is 0 Å². The first-order valence-corrected chi connectivity index (χ1v) is 4.10. The first-order valence-electron chi connectivity index (χ1n) is 3.72. The lowest BCUT2D eigenvalue weighted by Crippen LogP contribution is -2.03. The highest BCUT2D eigenvalue weighted by Crippen LogP contribution is 2.25. The lowest BCUT2D eigenvalue weighted by molar-refractivity contribution is -0.385. The van der Waals surface area contributed by atoms with Crippen molar-refractivity contribution in [3.63, 3.8) is 0 Å². The monoisotopic (exact) mass is 214 g/mol. The van der Waals surface area contributed by atoms with Crippen molar-refractivity contribution in [3.8, 4) is 0 Å². The van der Waals surface area contributed by atoms with Gasteiger partial charge >= 0.3 is 0 Å². The summed E-state index contributed by atoms with van der Waals surface area (Å²) in [5.41, 5.74) is 5.52. The number of nitro benzene ring substituents is 1. The van der Waals surface area contributed by atoms with E-state index in [0.29, 0.717) is 11.8 Å². The van der Waals surface area contributed by atoms with Gasteiger partial charge in [0.25, 0.3) is 5.69 Å². The van der Waals surface area contributed by atoms with Crippen LogP contribution in [0, 0.1) is 10.1 Å². The van der Waals surface area contributed by atoms with Gasteiger partial charge in [0.2, 0.25) is 0 Å². The van der Waals surface area contributed by atoms with Crippen molar-refractivity contribution in [2.24, 2.45) is 5.73 Å². The molecule has 5 nitrogen and oxygen atoms in total. The van der Waals surface area contributed by atoms with Crippen LogP contribution in [0.25, 0.3) is 0 Å². The number of hydrogen-bond acceptors (Lipinski definition) is 4. The van der Waals surface area contributed by atoms with Crippen LogP contribution in [-0.2, 0) is 6.54 Å². The van der Waals surface area contributed by atoms with Crippen molar-refractivity contribution in [2.45, 2.75) is 6.54 Å². The maximum absolute atomic E-state index is 10.6. The van der Waals surface area contributed by atoms with Crippen LogP contribution in [-0.4, -0.2) is 11.2 Å². The number of halogens is 1. The minimum atomic E-state index is -0.592. The molecule has 0 heterocycles. The Balaban J connectivity index is 3.39. The summed E-state index contributed by atoms with van der Waals surface area (Å²) in [4.78, 5) is 20.4. The van der Waals surface area contributed by atoms with Gasteiger partial charge in [-0.3, -0.25) is 14.9 Å². The highest BCUT2D eigenvalue weighted by Gasteiger charge is 2.15. The molecule has 0 atom stereocenters. The minimum Gasteiger partial charge on any atom is -0.326 e. The Hall–Kier alpha value is -1.46. The molecular formula is C8H7ClN2O3. The fourth-order valence-electron chi connectivity index (χ4n) is 1.04. The zero-order valence-electron chi connectivity index (χ0n) is 7.07. The minimum absolute atomic E-state index is 0.00910. The quantitative estimate of drug-likeness (QED) is 0.470. The third-order valence-corrected chi connectivity index (χ3v) is 2.07. The molecule has 0 aromatic heterocycles. The van der Waals surface area contributed by atoms with E-state index in [9.17, 15) is 14.9 Å².